The van der Waals surface area contributed by atoms with Crippen molar-refractivity contribution < 1.29 is 13.6 Å². The number of carbonyl (C=O) groups is 1. The highest BCUT2D eigenvalue weighted by atomic mass is 19.1. The van der Waals surface area contributed by atoms with Gasteiger partial charge in [0, 0.05) is 35.8 Å². The number of hydrogen-bond acceptors (Lipinski definition) is 4. The molecule has 0 aliphatic rings. The van der Waals surface area contributed by atoms with E-state index >= 15 is 0 Å². The molecular weight excluding hydrogens is 419 g/mol. The summed E-state index contributed by atoms with van der Waals surface area (Å²) in [5.41, 5.74) is 6.22. The smallest absolute Gasteiger partial charge is 0.220 e. The van der Waals surface area contributed by atoms with Crippen LogP contribution in [0, 0.1) is 26.6 Å². The van der Waals surface area contributed by atoms with Gasteiger partial charge in [0.1, 0.15) is 11.6 Å². The van der Waals surface area contributed by atoms with Crippen LogP contribution in [-0.2, 0) is 17.6 Å². The topological polar surface area (TPSA) is 72.4 Å². The van der Waals surface area contributed by atoms with Crippen molar-refractivity contribution in [1.29, 1.82) is 0 Å². The molecule has 4 rings (SSSR count). The highest BCUT2D eigenvalue weighted by Crippen LogP contribution is 2.29. The summed E-state index contributed by atoms with van der Waals surface area (Å²) in [5, 5.41) is 7.76. The molecule has 1 atom stereocenters. The molecular formula is C26H29FN4O2. The van der Waals surface area contributed by atoms with E-state index in [1.807, 2.05) is 44.3 Å². The van der Waals surface area contributed by atoms with Crippen LogP contribution in [0.25, 0.3) is 16.8 Å². The maximum absolute atomic E-state index is 13.4. The van der Waals surface area contributed by atoms with Gasteiger partial charge in [-0.15, -0.1) is 0 Å². The first-order chi connectivity index (χ1) is 15.8. The summed E-state index contributed by atoms with van der Waals surface area (Å²) >= 11 is 0. The molecule has 0 spiro atoms. The molecule has 0 saturated heterocycles. The van der Waals surface area contributed by atoms with Crippen LogP contribution in [0.1, 0.15) is 48.2 Å². The number of furan rings is 1. The highest BCUT2D eigenvalue weighted by Gasteiger charge is 2.19. The number of amides is 1. The first kappa shape index (κ1) is 22.7. The molecule has 0 saturated carbocycles. The second kappa shape index (κ2) is 9.57. The van der Waals surface area contributed by atoms with Crippen molar-refractivity contribution in [2.24, 2.45) is 0 Å². The Balaban J connectivity index is 1.47. The Morgan fingerprint density at radius 3 is 2.58 bits per heavy atom. The van der Waals surface area contributed by atoms with E-state index in [1.54, 1.807) is 18.4 Å². The molecule has 0 unspecified atom stereocenters. The van der Waals surface area contributed by atoms with Crippen molar-refractivity contribution in [3.05, 3.63) is 76.9 Å². The summed E-state index contributed by atoms with van der Waals surface area (Å²) < 4.78 is 20.6. The van der Waals surface area contributed by atoms with E-state index in [9.17, 15) is 9.18 Å². The van der Waals surface area contributed by atoms with Crippen LogP contribution in [0.4, 0.5) is 4.39 Å². The van der Waals surface area contributed by atoms with Gasteiger partial charge in [-0.3, -0.25) is 4.79 Å². The normalized spacial score (nSPS) is 12.3. The monoisotopic (exact) mass is 448 g/mol. The van der Waals surface area contributed by atoms with E-state index in [0.717, 1.165) is 58.0 Å². The molecule has 1 aromatic carbocycles. The number of hydrogen-bond donors (Lipinski definition) is 1. The number of carbonyl (C=O) groups excluding carboxylic acids is 1. The van der Waals surface area contributed by atoms with E-state index < -0.39 is 0 Å². The largest absolute Gasteiger partial charge is 0.469 e. The van der Waals surface area contributed by atoms with Gasteiger partial charge in [0.05, 0.1) is 12.0 Å². The Bertz CT molecular complexity index is 1260. The van der Waals surface area contributed by atoms with E-state index in [1.165, 1.54) is 12.1 Å². The SMILES string of the molecule is Cc1nc2c(-c3ccc(F)cc3)c(C)nn2c(C)c1CCC(=O)N[C@@H](C)CCc1ccco1. The third-order valence-corrected chi connectivity index (χ3v) is 6.05. The quantitative estimate of drug-likeness (QED) is 0.406. The third-order valence-electron chi connectivity index (χ3n) is 6.05. The van der Waals surface area contributed by atoms with Gasteiger partial charge in [0.15, 0.2) is 5.65 Å². The molecule has 172 valence electrons. The lowest BCUT2D eigenvalue weighted by Gasteiger charge is -2.15. The van der Waals surface area contributed by atoms with Crippen LogP contribution in [0.15, 0.2) is 47.1 Å². The number of benzene rings is 1. The molecule has 4 aromatic rings. The summed E-state index contributed by atoms with van der Waals surface area (Å²) in [6.07, 6.45) is 4.25. The molecule has 0 aliphatic carbocycles. The molecule has 0 radical (unpaired) electrons. The first-order valence-corrected chi connectivity index (χ1v) is 11.3. The maximum Gasteiger partial charge on any atom is 0.220 e. The number of nitrogens with zero attached hydrogens (tertiary/aromatic N) is 3. The van der Waals surface area contributed by atoms with Crippen LogP contribution in [-0.4, -0.2) is 26.5 Å². The summed E-state index contributed by atoms with van der Waals surface area (Å²) in [6.45, 7) is 7.90. The summed E-state index contributed by atoms with van der Waals surface area (Å²) in [5.74, 6) is 0.671. The fraction of sp³-hybridized carbons (Fsp3) is 0.346. The van der Waals surface area contributed by atoms with Crippen LogP contribution < -0.4 is 5.32 Å². The van der Waals surface area contributed by atoms with Gasteiger partial charge >= 0.3 is 0 Å². The van der Waals surface area contributed by atoms with Gasteiger partial charge in [0.2, 0.25) is 5.91 Å². The fourth-order valence-corrected chi connectivity index (χ4v) is 4.26. The predicted molar refractivity (Wildman–Crippen MR) is 126 cm³/mol. The van der Waals surface area contributed by atoms with Gasteiger partial charge in [-0.25, -0.2) is 13.9 Å². The number of aromatic nitrogens is 3. The van der Waals surface area contributed by atoms with Gasteiger partial charge in [-0.2, -0.15) is 5.10 Å². The molecule has 3 heterocycles. The molecule has 0 fully saturated rings. The number of aryl methyl sites for hydroxylation is 4. The minimum atomic E-state index is -0.274. The molecule has 0 aliphatic heterocycles. The van der Waals surface area contributed by atoms with Gasteiger partial charge in [-0.1, -0.05) is 12.1 Å². The Kier molecular flexibility index (Phi) is 6.58. The average molecular weight is 449 g/mol. The number of rotatable bonds is 8. The standard InChI is InChI=1S/C26H29FN4O2/c1-16(7-12-22-6-5-15-33-22)28-24(32)14-13-23-17(2)29-26-25(18(3)30-31(26)19(23)4)20-8-10-21(27)11-9-20/h5-6,8-11,15-16H,7,12-14H2,1-4H3,(H,28,32)/t16-/m0/s1. The van der Waals surface area contributed by atoms with Crippen LogP contribution >= 0.6 is 0 Å². The van der Waals surface area contributed by atoms with E-state index in [-0.39, 0.29) is 17.8 Å². The Hall–Kier alpha value is -3.48. The maximum atomic E-state index is 13.4. The lowest BCUT2D eigenvalue weighted by atomic mass is 10.0. The van der Waals surface area contributed by atoms with Crippen LogP contribution in [0.3, 0.4) is 0 Å². The molecule has 33 heavy (non-hydrogen) atoms. The highest BCUT2D eigenvalue weighted by molar-refractivity contribution is 5.80. The Labute approximate surface area is 192 Å². The molecule has 6 nitrogen and oxygen atoms in total. The van der Waals surface area contributed by atoms with E-state index in [2.05, 4.69) is 10.4 Å². The van der Waals surface area contributed by atoms with E-state index in [0.29, 0.717) is 12.8 Å². The van der Waals surface area contributed by atoms with Crippen molar-refractivity contribution in [2.75, 3.05) is 0 Å². The van der Waals surface area contributed by atoms with Gasteiger partial charge in [0.25, 0.3) is 0 Å². The lowest BCUT2D eigenvalue weighted by molar-refractivity contribution is -0.121. The van der Waals surface area contributed by atoms with Gasteiger partial charge < -0.3 is 9.73 Å². The zero-order valence-corrected chi connectivity index (χ0v) is 19.5. The number of nitrogens with one attached hydrogen (secondary N) is 1. The Morgan fingerprint density at radius 1 is 1.12 bits per heavy atom. The molecule has 7 heteroatoms. The Morgan fingerprint density at radius 2 is 1.88 bits per heavy atom. The van der Waals surface area contributed by atoms with Crippen molar-refractivity contribution in [2.45, 2.75) is 59.4 Å². The zero-order chi connectivity index (χ0) is 23.5. The van der Waals surface area contributed by atoms with Gasteiger partial charge in [-0.05, 0) is 75.9 Å². The zero-order valence-electron chi connectivity index (χ0n) is 19.5. The number of halogens is 1. The van der Waals surface area contributed by atoms with Crippen LogP contribution in [0.5, 0.6) is 0 Å². The molecule has 1 amide bonds. The average Bonchev–Trinajstić information content (AvgIpc) is 3.40. The van der Waals surface area contributed by atoms with Crippen LogP contribution in [0.2, 0.25) is 0 Å². The summed E-state index contributed by atoms with van der Waals surface area (Å²) in [6, 6.07) is 10.3. The molecule has 1 N–H and O–H groups in total. The van der Waals surface area contributed by atoms with Crippen molar-refractivity contribution in [1.82, 2.24) is 19.9 Å². The summed E-state index contributed by atoms with van der Waals surface area (Å²) in [4.78, 5) is 17.4. The van der Waals surface area contributed by atoms with Crippen molar-refractivity contribution >= 4 is 11.6 Å². The number of fused-ring (bicyclic) bond motifs is 1. The summed E-state index contributed by atoms with van der Waals surface area (Å²) in [7, 11) is 0. The molecule has 3 aromatic heterocycles. The minimum absolute atomic E-state index is 0.0180. The van der Waals surface area contributed by atoms with Crippen molar-refractivity contribution in [3.63, 3.8) is 0 Å². The second-order valence-electron chi connectivity index (χ2n) is 8.55. The third kappa shape index (κ3) is 4.97. The first-order valence-electron chi connectivity index (χ1n) is 11.3. The van der Waals surface area contributed by atoms with Crippen molar-refractivity contribution in [3.8, 4) is 11.1 Å². The minimum Gasteiger partial charge on any atom is -0.469 e. The predicted octanol–water partition coefficient (Wildman–Crippen LogP) is 5.12. The molecule has 0 bridgehead atoms. The lowest BCUT2D eigenvalue weighted by Crippen LogP contribution is -2.33. The van der Waals surface area contributed by atoms with E-state index in [4.69, 9.17) is 9.40 Å². The fourth-order valence-electron chi connectivity index (χ4n) is 4.26. The second-order valence-corrected chi connectivity index (χ2v) is 8.55.